The number of hydrogen-bond donors (Lipinski definition) is 1. The molecule has 1 amide bonds. The van der Waals surface area contributed by atoms with Gasteiger partial charge in [0.1, 0.15) is 5.76 Å². The predicted octanol–water partition coefficient (Wildman–Crippen LogP) is 3.58. The summed E-state index contributed by atoms with van der Waals surface area (Å²) in [4.78, 5) is 12.4. The third kappa shape index (κ3) is 4.42. The molecule has 6 nitrogen and oxygen atoms in total. The Kier molecular flexibility index (Phi) is 6.39. The molecule has 2 aromatic rings. The smallest absolute Gasteiger partial charge is 0.248 e. The number of aryl methyl sites for hydroxylation is 1. The lowest BCUT2D eigenvalue weighted by Gasteiger charge is -2.20. The van der Waals surface area contributed by atoms with Gasteiger partial charge in [0, 0.05) is 24.9 Å². The van der Waals surface area contributed by atoms with Crippen LogP contribution in [0, 0.1) is 13.8 Å². The first-order valence-corrected chi connectivity index (χ1v) is 9.87. The number of anilines is 1. The van der Waals surface area contributed by atoms with Gasteiger partial charge in [-0.25, -0.2) is 8.42 Å². The highest BCUT2D eigenvalue weighted by Gasteiger charge is 2.23. The minimum Gasteiger partial charge on any atom is -0.465 e. The molecule has 1 heterocycles. The molecule has 7 heteroatoms. The van der Waals surface area contributed by atoms with Crippen LogP contribution >= 0.6 is 0 Å². The summed E-state index contributed by atoms with van der Waals surface area (Å²) in [7, 11) is -3.60. The minimum atomic E-state index is -3.60. The normalized spacial score (nSPS) is 12.0. The lowest BCUT2D eigenvalue weighted by molar-refractivity contribution is -0.111. The second-order valence-corrected chi connectivity index (χ2v) is 7.78. The first-order valence-electron chi connectivity index (χ1n) is 8.43. The number of amides is 1. The molecule has 0 saturated carbocycles. The van der Waals surface area contributed by atoms with E-state index in [1.165, 1.54) is 22.7 Å². The Hall–Kier alpha value is -2.38. The van der Waals surface area contributed by atoms with Crippen LogP contribution in [0.25, 0.3) is 6.08 Å². The van der Waals surface area contributed by atoms with Gasteiger partial charge in [-0.3, -0.25) is 4.79 Å². The molecule has 0 atom stereocenters. The van der Waals surface area contributed by atoms with Crippen LogP contribution in [0.2, 0.25) is 0 Å². The summed E-state index contributed by atoms with van der Waals surface area (Å²) < 4.78 is 32.1. The summed E-state index contributed by atoms with van der Waals surface area (Å²) in [6, 6.07) is 6.61. The van der Waals surface area contributed by atoms with Crippen LogP contribution in [0.1, 0.15) is 30.7 Å². The predicted molar refractivity (Wildman–Crippen MR) is 102 cm³/mol. The van der Waals surface area contributed by atoms with Crippen molar-refractivity contribution in [3.05, 3.63) is 53.5 Å². The van der Waals surface area contributed by atoms with E-state index < -0.39 is 10.0 Å². The highest BCUT2D eigenvalue weighted by Crippen LogP contribution is 2.26. The number of carbonyl (C=O) groups is 1. The monoisotopic (exact) mass is 376 g/mol. The molecule has 0 aliphatic heterocycles. The molecule has 140 valence electrons. The Morgan fingerprint density at radius 2 is 1.92 bits per heavy atom. The van der Waals surface area contributed by atoms with E-state index in [1.807, 2.05) is 13.8 Å². The largest absolute Gasteiger partial charge is 0.465 e. The van der Waals surface area contributed by atoms with E-state index in [0.29, 0.717) is 24.5 Å². The second kappa shape index (κ2) is 8.33. The van der Waals surface area contributed by atoms with E-state index in [0.717, 1.165) is 11.1 Å². The minimum absolute atomic E-state index is 0.176. The quantitative estimate of drug-likeness (QED) is 0.749. The second-order valence-electron chi connectivity index (χ2n) is 5.84. The molecular formula is C19H24N2O4S. The Morgan fingerprint density at radius 3 is 2.50 bits per heavy atom. The third-order valence-corrected chi connectivity index (χ3v) is 6.21. The maximum Gasteiger partial charge on any atom is 0.248 e. The molecule has 0 fully saturated rings. The van der Waals surface area contributed by atoms with Crippen LogP contribution < -0.4 is 5.32 Å². The summed E-state index contributed by atoms with van der Waals surface area (Å²) in [5.74, 6) is 0.201. The number of furan rings is 1. The average Bonchev–Trinajstić information content (AvgIpc) is 3.11. The topological polar surface area (TPSA) is 79.6 Å². The van der Waals surface area contributed by atoms with Crippen molar-refractivity contribution in [3.63, 3.8) is 0 Å². The van der Waals surface area contributed by atoms with Crippen molar-refractivity contribution in [2.75, 3.05) is 18.4 Å². The fourth-order valence-electron chi connectivity index (χ4n) is 2.54. The van der Waals surface area contributed by atoms with Crippen molar-refractivity contribution in [3.8, 4) is 0 Å². The van der Waals surface area contributed by atoms with Gasteiger partial charge in [0.2, 0.25) is 15.9 Å². The fourth-order valence-corrected chi connectivity index (χ4v) is 4.11. The van der Waals surface area contributed by atoms with E-state index in [9.17, 15) is 13.2 Å². The highest BCUT2D eigenvalue weighted by atomic mass is 32.2. The zero-order valence-corrected chi connectivity index (χ0v) is 16.3. The number of nitrogens with one attached hydrogen (secondary N) is 1. The summed E-state index contributed by atoms with van der Waals surface area (Å²) in [5.41, 5.74) is 2.09. The Labute approximate surface area is 154 Å². The van der Waals surface area contributed by atoms with Gasteiger partial charge in [0.15, 0.2) is 0 Å². The lowest BCUT2D eigenvalue weighted by Crippen LogP contribution is -2.30. The van der Waals surface area contributed by atoms with Crippen molar-refractivity contribution >= 4 is 27.7 Å². The van der Waals surface area contributed by atoms with Gasteiger partial charge in [-0.1, -0.05) is 13.8 Å². The van der Waals surface area contributed by atoms with Crippen LogP contribution in [-0.2, 0) is 14.8 Å². The number of nitrogens with zero attached hydrogens (tertiary/aromatic N) is 1. The Bertz CT molecular complexity index is 896. The van der Waals surface area contributed by atoms with Gasteiger partial charge in [-0.2, -0.15) is 4.31 Å². The number of rotatable bonds is 7. The van der Waals surface area contributed by atoms with Crippen LogP contribution in [0.3, 0.4) is 0 Å². The first kappa shape index (κ1) is 19.9. The third-order valence-electron chi connectivity index (χ3n) is 4.18. The standard InChI is InChI=1S/C19H24N2O4S/c1-5-21(6-2)26(23,24)17-12-14(3)15(4)18(13-17)20-19(22)10-9-16-8-7-11-25-16/h7-13H,5-6H2,1-4H3,(H,20,22)/b10-9+. The molecule has 26 heavy (non-hydrogen) atoms. The zero-order valence-electron chi connectivity index (χ0n) is 15.4. The lowest BCUT2D eigenvalue weighted by atomic mass is 10.1. The van der Waals surface area contributed by atoms with Gasteiger partial charge in [0.25, 0.3) is 0 Å². The fraction of sp³-hybridized carbons (Fsp3) is 0.316. The van der Waals surface area contributed by atoms with Crippen molar-refractivity contribution in [2.24, 2.45) is 0 Å². The molecule has 0 bridgehead atoms. The molecule has 0 spiro atoms. The Morgan fingerprint density at radius 1 is 1.23 bits per heavy atom. The molecule has 0 aliphatic rings. The molecule has 1 N–H and O–H groups in total. The molecule has 0 radical (unpaired) electrons. The molecule has 1 aromatic heterocycles. The molecule has 2 rings (SSSR count). The summed E-state index contributed by atoms with van der Waals surface area (Å²) >= 11 is 0. The summed E-state index contributed by atoms with van der Waals surface area (Å²) in [6.45, 7) is 8.03. The van der Waals surface area contributed by atoms with Crippen LogP contribution in [0.5, 0.6) is 0 Å². The van der Waals surface area contributed by atoms with Crippen molar-refractivity contribution in [1.82, 2.24) is 4.31 Å². The molecule has 0 aliphatic carbocycles. The first-order chi connectivity index (χ1) is 12.3. The molecule has 1 aromatic carbocycles. The van der Waals surface area contributed by atoms with Gasteiger partial charge in [-0.05, 0) is 55.3 Å². The number of carbonyl (C=O) groups excluding carboxylic acids is 1. The number of hydrogen-bond acceptors (Lipinski definition) is 4. The van der Waals surface area contributed by atoms with Gasteiger partial charge in [0.05, 0.1) is 11.2 Å². The SMILES string of the molecule is CCN(CC)S(=O)(=O)c1cc(C)c(C)c(NC(=O)/C=C/c2ccco2)c1. The van der Waals surface area contributed by atoms with Crippen LogP contribution in [-0.4, -0.2) is 31.7 Å². The van der Waals surface area contributed by atoms with E-state index in [4.69, 9.17) is 4.42 Å². The molecular weight excluding hydrogens is 352 g/mol. The van der Waals surface area contributed by atoms with E-state index in [1.54, 1.807) is 38.1 Å². The Balaban J connectivity index is 2.32. The van der Waals surface area contributed by atoms with Gasteiger partial charge in [-0.15, -0.1) is 0 Å². The van der Waals surface area contributed by atoms with E-state index in [2.05, 4.69) is 5.32 Å². The number of benzene rings is 1. The van der Waals surface area contributed by atoms with E-state index >= 15 is 0 Å². The highest BCUT2D eigenvalue weighted by molar-refractivity contribution is 7.89. The summed E-state index contributed by atoms with van der Waals surface area (Å²) in [5, 5.41) is 2.75. The number of sulfonamides is 1. The van der Waals surface area contributed by atoms with E-state index in [-0.39, 0.29) is 10.8 Å². The summed E-state index contributed by atoms with van der Waals surface area (Å²) in [6.07, 6.45) is 4.42. The van der Waals surface area contributed by atoms with Crippen molar-refractivity contribution in [2.45, 2.75) is 32.6 Å². The van der Waals surface area contributed by atoms with Crippen molar-refractivity contribution in [1.29, 1.82) is 0 Å². The average molecular weight is 376 g/mol. The van der Waals surface area contributed by atoms with Crippen LogP contribution in [0.4, 0.5) is 5.69 Å². The van der Waals surface area contributed by atoms with Crippen LogP contribution in [0.15, 0.2) is 45.9 Å². The molecule has 0 unspecified atom stereocenters. The maximum atomic E-state index is 12.8. The van der Waals surface area contributed by atoms with Crippen molar-refractivity contribution < 1.29 is 17.6 Å². The zero-order chi connectivity index (χ0) is 19.3. The van der Waals surface area contributed by atoms with Gasteiger partial charge < -0.3 is 9.73 Å². The van der Waals surface area contributed by atoms with Gasteiger partial charge >= 0.3 is 0 Å². The maximum absolute atomic E-state index is 12.8. The molecule has 0 saturated heterocycles.